The van der Waals surface area contributed by atoms with Gasteiger partial charge in [0, 0.05) is 5.69 Å². The van der Waals surface area contributed by atoms with E-state index in [4.69, 9.17) is 19.3 Å². The second-order valence-electron chi connectivity index (χ2n) is 7.71. The fraction of sp³-hybridized carbons (Fsp3) is 0.273. The van der Waals surface area contributed by atoms with Crippen LogP contribution < -0.4 is 20.1 Å². The van der Waals surface area contributed by atoms with Gasteiger partial charge in [0.2, 0.25) is 5.96 Å². The number of ether oxygens (including phenoxy) is 3. The van der Waals surface area contributed by atoms with E-state index in [0.29, 0.717) is 11.3 Å². The van der Waals surface area contributed by atoms with Crippen molar-refractivity contribution >= 4 is 52.5 Å². The molecule has 0 unspecified atom stereocenters. The van der Waals surface area contributed by atoms with Gasteiger partial charge in [-0.3, -0.25) is 10.1 Å². The third-order valence-electron chi connectivity index (χ3n) is 3.87. The summed E-state index contributed by atoms with van der Waals surface area (Å²) in [5, 5.41) is 14.3. The first-order valence-electron chi connectivity index (χ1n) is 9.67. The number of carbonyl (C=O) groups excluding carboxylic acids is 2. The van der Waals surface area contributed by atoms with Gasteiger partial charge in [-0.2, -0.15) is 3.21 Å². The van der Waals surface area contributed by atoms with Gasteiger partial charge in [0.1, 0.15) is 5.60 Å². The standard InChI is InChI=1S/C22H24IN3O7/c1-22(2,3)33-21(30)25-20(26-23)24-15-8-6-14(7-9-15)19(29)32-16-10-5-13(12-18(27)28)11-17(16)31-4/h5-11H,12H2,1-4H3,(H,27,28)(H2,24,25,26,30). The van der Waals surface area contributed by atoms with E-state index in [0.717, 1.165) is 0 Å². The summed E-state index contributed by atoms with van der Waals surface area (Å²) in [5.74, 6) is -1.03. The van der Waals surface area contributed by atoms with Crippen LogP contribution in [-0.2, 0) is 16.0 Å². The van der Waals surface area contributed by atoms with Gasteiger partial charge in [-0.15, -0.1) is 0 Å². The minimum Gasteiger partial charge on any atom is -0.493 e. The third kappa shape index (κ3) is 8.60. The Morgan fingerprint density at radius 3 is 2.27 bits per heavy atom. The summed E-state index contributed by atoms with van der Waals surface area (Å²) in [7, 11) is 1.40. The molecule has 11 heteroatoms. The van der Waals surface area contributed by atoms with Gasteiger partial charge in [-0.25, -0.2) is 9.59 Å². The first-order chi connectivity index (χ1) is 15.5. The molecular weight excluding hydrogens is 545 g/mol. The van der Waals surface area contributed by atoms with Crippen LogP contribution in [0, 0.1) is 0 Å². The van der Waals surface area contributed by atoms with Gasteiger partial charge in [0.05, 0.1) is 42.0 Å². The van der Waals surface area contributed by atoms with Gasteiger partial charge in [0.25, 0.3) is 0 Å². The Labute approximate surface area is 204 Å². The average Bonchev–Trinajstić information content (AvgIpc) is 2.73. The molecule has 0 aliphatic heterocycles. The first-order valence-corrected chi connectivity index (χ1v) is 10.6. The zero-order valence-electron chi connectivity index (χ0n) is 18.5. The monoisotopic (exact) mass is 569 g/mol. The highest BCUT2D eigenvalue weighted by Gasteiger charge is 2.18. The van der Waals surface area contributed by atoms with Crippen molar-refractivity contribution in [2.75, 3.05) is 12.4 Å². The molecule has 1 amide bonds. The minimum atomic E-state index is -0.979. The molecule has 0 aromatic heterocycles. The lowest BCUT2D eigenvalue weighted by Crippen LogP contribution is -2.39. The number of rotatable bonds is 6. The number of hydrogen-bond donors (Lipinski definition) is 3. The number of aliphatic carboxylic acids is 1. The average molecular weight is 569 g/mol. The zero-order valence-corrected chi connectivity index (χ0v) is 20.6. The van der Waals surface area contributed by atoms with Crippen LogP contribution in [0.2, 0.25) is 0 Å². The number of carboxylic acid groups (broad SMARTS) is 1. The predicted octanol–water partition coefficient (Wildman–Crippen LogP) is 4.18. The highest BCUT2D eigenvalue weighted by Crippen LogP contribution is 2.29. The second kappa shape index (κ2) is 11.5. The highest BCUT2D eigenvalue weighted by molar-refractivity contribution is 14.1. The van der Waals surface area contributed by atoms with E-state index in [2.05, 4.69) is 13.8 Å². The number of nitrogens with one attached hydrogen (secondary N) is 2. The summed E-state index contributed by atoms with van der Waals surface area (Å²) in [6.45, 7) is 5.25. The maximum atomic E-state index is 12.5. The summed E-state index contributed by atoms with van der Waals surface area (Å²) in [6, 6.07) is 10.8. The molecule has 2 aromatic rings. The van der Waals surface area contributed by atoms with E-state index >= 15 is 0 Å². The number of amides is 1. The Balaban J connectivity index is 2.04. The molecule has 0 saturated heterocycles. The van der Waals surface area contributed by atoms with Gasteiger partial charge in [0.15, 0.2) is 11.5 Å². The molecule has 0 heterocycles. The van der Waals surface area contributed by atoms with Gasteiger partial charge in [-0.05, 0) is 62.7 Å². The van der Waals surface area contributed by atoms with Crippen molar-refractivity contribution in [1.29, 1.82) is 0 Å². The molecule has 10 nitrogen and oxygen atoms in total. The van der Waals surface area contributed by atoms with Crippen LogP contribution in [0.25, 0.3) is 0 Å². The summed E-state index contributed by atoms with van der Waals surface area (Å²) < 4.78 is 19.7. The van der Waals surface area contributed by atoms with E-state index in [9.17, 15) is 14.4 Å². The molecule has 33 heavy (non-hydrogen) atoms. The first kappa shape index (κ1) is 25.9. The molecule has 3 N–H and O–H groups in total. The second-order valence-corrected chi connectivity index (χ2v) is 8.19. The maximum absolute atomic E-state index is 12.5. The van der Waals surface area contributed by atoms with Gasteiger partial charge < -0.3 is 24.6 Å². The van der Waals surface area contributed by atoms with Crippen LogP contribution in [0.1, 0.15) is 36.7 Å². The van der Waals surface area contributed by atoms with Crippen molar-refractivity contribution in [3.05, 3.63) is 53.6 Å². The lowest BCUT2D eigenvalue weighted by molar-refractivity contribution is -0.136. The Bertz CT molecular complexity index is 1050. The van der Waals surface area contributed by atoms with E-state index in [1.807, 2.05) is 0 Å². The number of guanidine groups is 1. The molecule has 0 bridgehead atoms. The fourth-order valence-corrected chi connectivity index (χ4v) is 2.78. The zero-order chi connectivity index (χ0) is 24.6. The van der Waals surface area contributed by atoms with Crippen molar-refractivity contribution in [2.24, 2.45) is 3.21 Å². The van der Waals surface area contributed by atoms with E-state index in [1.54, 1.807) is 61.8 Å². The number of alkyl carbamates (subject to hydrolysis) is 1. The van der Waals surface area contributed by atoms with Crippen LogP contribution >= 0.6 is 22.9 Å². The number of carboxylic acids is 1. The molecule has 176 valence electrons. The summed E-state index contributed by atoms with van der Waals surface area (Å²) >= 11 is 1.73. The van der Waals surface area contributed by atoms with Crippen molar-refractivity contribution in [1.82, 2.24) is 5.32 Å². The van der Waals surface area contributed by atoms with Crippen molar-refractivity contribution in [2.45, 2.75) is 32.8 Å². The SMILES string of the molecule is COc1cc(CC(=O)O)ccc1OC(=O)c1ccc(NC(=NI)NC(=O)OC(C)(C)C)cc1. The van der Waals surface area contributed by atoms with Gasteiger partial charge >= 0.3 is 18.0 Å². The predicted molar refractivity (Wildman–Crippen MR) is 130 cm³/mol. The number of carbonyl (C=O) groups is 3. The Kier molecular flexibility index (Phi) is 9.02. The molecule has 2 aromatic carbocycles. The van der Waals surface area contributed by atoms with E-state index in [-0.39, 0.29) is 29.4 Å². The van der Waals surface area contributed by atoms with Crippen LogP contribution in [0.15, 0.2) is 45.7 Å². The van der Waals surface area contributed by atoms with Crippen LogP contribution in [0.3, 0.4) is 0 Å². The van der Waals surface area contributed by atoms with Gasteiger partial charge in [-0.1, -0.05) is 6.07 Å². The Hall–Kier alpha value is -3.35. The smallest absolute Gasteiger partial charge is 0.414 e. The molecule has 0 saturated carbocycles. The third-order valence-corrected chi connectivity index (χ3v) is 4.36. The molecule has 2 rings (SSSR count). The van der Waals surface area contributed by atoms with E-state index < -0.39 is 23.6 Å². The summed E-state index contributed by atoms with van der Waals surface area (Å²) in [4.78, 5) is 35.3. The Morgan fingerprint density at radius 1 is 1.06 bits per heavy atom. The number of nitrogens with zero attached hydrogens (tertiary/aromatic N) is 1. The normalized spacial score (nSPS) is 11.4. The summed E-state index contributed by atoms with van der Waals surface area (Å²) in [6.07, 6.45) is -0.835. The maximum Gasteiger partial charge on any atom is 0.414 e. The number of hydrogen-bond acceptors (Lipinski definition) is 7. The highest BCUT2D eigenvalue weighted by atomic mass is 127. The van der Waals surface area contributed by atoms with Crippen molar-refractivity contribution in [3.63, 3.8) is 0 Å². The number of anilines is 1. The van der Waals surface area contributed by atoms with Crippen LogP contribution in [0.4, 0.5) is 10.5 Å². The summed E-state index contributed by atoms with van der Waals surface area (Å²) in [5.41, 5.74) is 0.697. The lowest BCUT2D eigenvalue weighted by Gasteiger charge is -2.20. The quantitative estimate of drug-likeness (QED) is 0.155. The number of benzene rings is 2. The molecule has 0 aliphatic rings. The number of methoxy groups -OCH3 is 1. The molecule has 0 fully saturated rings. The molecule has 0 atom stereocenters. The van der Waals surface area contributed by atoms with Crippen molar-refractivity contribution < 1.29 is 33.7 Å². The van der Waals surface area contributed by atoms with Crippen LogP contribution in [-0.4, -0.2) is 41.8 Å². The largest absolute Gasteiger partial charge is 0.493 e. The molecule has 0 radical (unpaired) electrons. The number of esters is 1. The minimum absolute atomic E-state index is 0.159. The van der Waals surface area contributed by atoms with E-state index in [1.165, 1.54) is 31.4 Å². The lowest BCUT2D eigenvalue weighted by atomic mass is 10.1. The topological polar surface area (TPSA) is 136 Å². The Morgan fingerprint density at radius 2 is 1.73 bits per heavy atom. The molecular formula is C22H24IN3O7. The van der Waals surface area contributed by atoms with Crippen molar-refractivity contribution in [3.8, 4) is 11.5 Å². The molecule has 0 aliphatic carbocycles. The fourth-order valence-electron chi connectivity index (χ4n) is 2.54. The number of halogens is 1. The van der Waals surface area contributed by atoms with Crippen LogP contribution in [0.5, 0.6) is 11.5 Å². The molecule has 0 spiro atoms.